The summed E-state index contributed by atoms with van der Waals surface area (Å²) in [7, 11) is 1.03. The lowest BCUT2D eigenvalue weighted by Gasteiger charge is -2.32. The molecule has 0 fully saturated rings. The van der Waals surface area contributed by atoms with Gasteiger partial charge in [0, 0.05) is 6.07 Å². The van der Waals surface area contributed by atoms with Crippen LogP contribution in [0, 0.1) is 5.92 Å². The van der Waals surface area contributed by atoms with Gasteiger partial charge in [-0.1, -0.05) is 13.8 Å². The summed E-state index contributed by atoms with van der Waals surface area (Å²) < 4.78 is 128. The number of carbonyl (C=O) groups is 1. The molecule has 1 rings (SSSR count). The van der Waals surface area contributed by atoms with E-state index in [2.05, 4.69) is 18.6 Å². The third-order valence-electron chi connectivity index (χ3n) is 3.28. The first-order valence-corrected chi connectivity index (χ1v) is 7.84. The van der Waals surface area contributed by atoms with Gasteiger partial charge in [0.15, 0.2) is 5.76 Å². The minimum atomic E-state index is -7.04. The van der Waals surface area contributed by atoms with Gasteiger partial charge in [-0.15, -0.1) is 0 Å². The lowest BCUT2D eigenvalue weighted by Crippen LogP contribution is -2.59. The van der Waals surface area contributed by atoms with E-state index >= 15 is 0 Å². The Kier molecular flexibility index (Phi) is 6.85. The Balaban J connectivity index is 3.00. The summed E-state index contributed by atoms with van der Waals surface area (Å²) in [6.45, 7) is 3.07. The van der Waals surface area contributed by atoms with Crippen molar-refractivity contribution in [2.45, 2.75) is 43.0 Å². The first-order valence-electron chi connectivity index (χ1n) is 7.10. The lowest BCUT2D eigenvalue weighted by molar-refractivity contribution is -0.381. The molecule has 0 saturated heterocycles. The third-order valence-corrected chi connectivity index (χ3v) is 4.00. The van der Waals surface area contributed by atoms with Gasteiger partial charge in [-0.05, 0) is 11.1 Å². The van der Waals surface area contributed by atoms with E-state index in [4.69, 9.17) is 0 Å². The van der Waals surface area contributed by atoms with Gasteiger partial charge in [0.1, 0.15) is 18.0 Å². The first kappa shape index (κ1) is 24.2. The number of methoxy groups -OCH3 is 1. The molecule has 0 amide bonds. The summed E-state index contributed by atoms with van der Waals surface area (Å²) in [5, 5.41) is -2.99. The fourth-order valence-corrected chi connectivity index (χ4v) is 2.31. The third kappa shape index (κ3) is 4.43. The fraction of sp³-hybridized carbons (Fsp3) is 0.692. The van der Waals surface area contributed by atoms with E-state index in [0.29, 0.717) is 6.07 Å². The zero-order chi connectivity index (χ0) is 22.1. The molecular formula is C13H12F9NO4S. The summed E-state index contributed by atoms with van der Waals surface area (Å²) in [6.07, 6.45) is -6.94. The van der Waals surface area contributed by atoms with Crippen LogP contribution < -0.4 is 4.18 Å². The Labute approximate surface area is 155 Å². The second-order valence-electron chi connectivity index (χ2n) is 5.64. The van der Waals surface area contributed by atoms with E-state index in [9.17, 15) is 44.3 Å². The van der Waals surface area contributed by atoms with Crippen molar-refractivity contribution in [1.29, 1.82) is 0 Å². The summed E-state index contributed by atoms with van der Waals surface area (Å²) in [4.78, 5) is 11.7. The second-order valence-corrected chi connectivity index (χ2v) is 6.49. The molecule has 5 nitrogen and oxygen atoms in total. The number of esters is 1. The van der Waals surface area contributed by atoms with Crippen LogP contribution in [0.15, 0.2) is 10.6 Å². The van der Waals surface area contributed by atoms with Gasteiger partial charge in [-0.25, -0.2) is 0 Å². The molecule has 15 heteroatoms. The first-order chi connectivity index (χ1) is 12.5. The summed E-state index contributed by atoms with van der Waals surface area (Å²) in [6, 6.07) is 0.699. The molecule has 0 aliphatic heterocycles. The molecule has 0 aliphatic carbocycles. The quantitative estimate of drug-likeness (QED) is 0.315. The van der Waals surface area contributed by atoms with Crippen LogP contribution in [0.3, 0.4) is 0 Å². The lowest BCUT2D eigenvalue weighted by atomic mass is 9.93. The van der Waals surface area contributed by atoms with Gasteiger partial charge in [-0.3, -0.25) is 4.79 Å². The molecule has 28 heavy (non-hydrogen) atoms. The standard InChI is InChI=1S/C13H12F9NO4S/c1-5(2)8(9(24)25-3)6-4-7(23-26-6)27-28-13(21,22)11(16,17)10(14,15)12(18,19)20/h4-5,8H,1-3H3. The van der Waals surface area contributed by atoms with E-state index in [1.807, 2.05) is 0 Å². The van der Waals surface area contributed by atoms with Crippen LogP contribution in [0.5, 0.6) is 5.88 Å². The van der Waals surface area contributed by atoms with Crippen molar-refractivity contribution in [2.24, 2.45) is 5.92 Å². The van der Waals surface area contributed by atoms with Crippen LogP contribution in [-0.2, 0) is 9.53 Å². The Bertz CT molecular complexity index is 690. The highest BCUT2D eigenvalue weighted by molar-refractivity contribution is 7.96. The minimum Gasteiger partial charge on any atom is -0.468 e. The Morgan fingerprint density at radius 3 is 2.04 bits per heavy atom. The van der Waals surface area contributed by atoms with Gasteiger partial charge in [0.25, 0.3) is 5.88 Å². The number of aromatic nitrogens is 1. The molecule has 1 aromatic rings. The molecule has 0 radical (unpaired) electrons. The smallest absolute Gasteiger partial charge is 0.460 e. The van der Waals surface area contributed by atoms with Crippen molar-refractivity contribution in [3.8, 4) is 5.88 Å². The van der Waals surface area contributed by atoms with E-state index in [1.165, 1.54) is 13.8 Å². The molecule has 162 valence electrons. The number of nitrogens with zero attached hydrogens (tertiary/aromatic N) is 1. The summed E-state index contributed by atoms with van der Waals surface area (Å²) >= 11 is -1.67. The van der Waals surface area contributed by atoms with Crippen molar-refractivity contribution in [2.75, 3.05) is 7.11 Å². The van der Waals surface area contributed by atoms with Crippen LogP contribution >= 0.6 is 12.0 Å². The van der Waals surface area contributed by atoms with Crippen LogP contribution in [0.4, 0.5) is 39.5 Å². The SMILES string of the molecule is COC(=O)C(c1cc(OSC(F)(F)C(F)(F)C(F)(F)C(F)(F)F)no1)C(C)C. The van der Waals surface area contributed by atoms with Crippen molar-refractivity contribution < 1.29 is 57.8 Å². The van der Waals surface area contributed by atoms with Gasteiger partial charge in [-0.2, -0.15) is 39.5 Å². The topological polar surface area (TPSA) is 61.6 Å². The molecule has 0 N–H and O–H groups in total. The van der Waals surface area contributed by atoms with E-state index < -0.39 is 59.0 Å². The van der Waals surface area contributed by atoms with Gasteiger partial charge in [0.2, 0.25) is 0 Å². The van der Waals surface area contributed by atoms with E-state index in [0.717, 1.165) is 7.11 Å². The number of hydrogen-bond donors (Lipinski definition) is 0. The predicted molar refractivity (Wildman–Crippen MR) is 75.2 cm³/mol. The number of ether oxygens (including phenoxy) is 1. The predicted octanol–water partition coefficient (Wildman–Crippen LogP) is 5.04. The number of rotatable bonds is 8. The Hall–Kier alpha value is -1.80. The van der Waals surface area contributed by atoms with Crippen LogP contribution in [0.2, 0.25) is 0 Å². The molecular weight excluding hydrogens is 437 g/mol. The van der Waals surface area contributed by atoms with E-state index in [1.54, 1.807) is 0 Å². The summed E-state index contributed by atoms with van der Waals surface area (Å²) in [5.74, 6) is -17.5. The highest BCUT2D eigenvalue weighted by Gasteiger charge is 2.82. The highest BCUT2D eigenvalue weighted by Crippen LogP contribution is 2.56. The second kappa shape index (κ2) is 7.91. The molecule has 1 atom stereocenters. The highest BCUT2D eigenvalue weighted by atomic mass is 32.2. The van der Waals surface area contributed by atoms with Crippen molar-refractivity contribution in [3.63, 3.8) is 0 Å². The molecule has 1 aromatic heterocycles. The van der Waals surface area contributed by atoms with Crippen LogP contribution in [0.1, 0.15) is 25.5 Å². The normalized spacial score (nSPS) is 14.9. The maximum atomic E-state index is 13.4. The molecule has 0 aliphatic rings. The largest absolute Gasteiger partial charge is 0.468 e. The van der Waals surface area contributed by atoms with Crippen molar-refractivity contribution >= 4 is 18.0 Å². The van der Waals surface area contributed by atoms with Gasteiger partial charge >= 0.3 is 29.2 Å². The molecule has 0 bridgehead atoms. The number of halogens is 9. The monoisotopic (exact) mass is 449 g/mol. The van der Waals surface area contributed by atoms with Crippen molar-refractivity contribution in [1.82, 2.24) is 5.16 Å². The molecule has 0 aromatic carbocycles. The van der Waals surface area contributed by atoms with Gasteiger partial charge < -0.3 is 13.4 Å². The number of hydrogen-bond acceptors (Lipinski definition) is 6. The average Bonchev–Trinajstić information content (AvgIpc) is 2.99. The van der Waals surface area contributed by atoms with Crippen molar-refractivity contribution in [3.05, 3.63) is 11.8 Å². The minimum absolute atomic E-state index is 0.298. The molecule has 0 spiro atoms. The summed E-state index contributed by atoms with van der Waals surface area (Å²) in [5.41, 5.74) is 0. The maximum Gasteiger partial charge on any atom is 0.460 e. The molecule has 0 saturated carbocycles. The van der Waals surface area contributed by atoms with Crippen LogP contribution in [0.25, 0.3) is 0 Å². The van der Waals surface area contributed by atoms with E-state index in [-0.39, 0.29) is 5.76 Å². The Morgan fingerprint density at radius 2 is 1.61 bits per heavy atom. The van der Waals surface area contributed by atoms with Crippen LogP contribution in [-0.4, -0.2) is 41.5 Å². The zero-order valence-electron chi connectivity index (χ0n) is 14.1. The van der Waals surface area contributed by atoms with Gasteiger partial charge in [0.05, 0.1) is 7.11 Å². The number of carbonyl (C=O) groups excluding carboxylic acids is 1. The maximum absolute atomic E-state index is 13.4. The fourth-order valence-electron chi connectivity index (χ4n) is 1.81. The number of alkyl halides is 9. The average molecular weight is 449 g/mol. The molecule has 1 unspecified atom stereocenters. The Morgan fingerprint density at radius 1 is 1.07 bits per heavy atom. The molecule has 1 heterocycles. The zero-order valence-corrected chi connectivity index (χ0v) is 14.9.